The van der Waals surface area contributed by atoms with Gasteiger partial charge < -0.3 is 10.4 Å². The predicted octanol–water partition coefficient (Wildman–Crippen LogP) is 2.67. The van der Waals surface area contributed by atoms with E-state index in [2.05, 4.69) is 5.32 Å². The van der Waals surface area contributed by atoms with Crippen molar-refractivity contribution >= 4 is 17.5 Å². The minimum atomic E-state index is -0.615. The second kappa shape index (κ2) is 5.98. The maximum absolute atomic E-state index is 12.5. The smallest absolute Gasteiger partial charge is 0.230 e. The number of amides is 1. The second-order valence-corrected chi connectivity index (χ2v) is 6.21. The molecule has 0 spiro atoms. The molecule has 0 aliphatic heterocycles. The molecule has 3 nitrogen and oxygen atoms in total. The fraction of sp³-hybridized carbons (Fsp3) is 0.438. The minimum absolute atomic E-state index is 0.00576. The molecule has 4 heteroatoms. The highest BCUT2D eigenvalue weighted by atomic mass is 35.5. The number of nitrogens with one attached hydrogen (secondary N) is 1. The molecule has 0 saturated heterocycles. The Labute approximate surface area is 124 Å². The third-order valence-electron chi connectivity index (χ3n) is 3.86. The molecule has 2 atom stereocenters. The van der Waals surface area contributed by atoms with Crippen molar-refractivity contribution in [1.29, 1.82) is 0 Å². The number of halogens is 1. The van der Waals surface area contributed by atoms with Gasteiger partial charge in [0.1, 0.15) is 0 Å². The molecule has 0 unspecified atom stereocenters. The van der Waals surface area contributed by atoms with Gasteiger partial charge in [-0.25, -0.2) is 0 Å². The molecule has 0 radical (unpaired) electrons. The first-order valence-corrected chi connectivity index (χ1v) is 7.17. The van der Waals surface area contributed by atoms with Crippen LogP contribution in [0, 0.1) is 5.92 Å². The van der Waals surface area contributed by atoms with E-state index in [4.69, 9.17) is 16.7 Å². The summed E-state index contributed by atoms with van der Waals surface area (Å²) in [4.78, 5) is 12.5. The number of hydrogen-bond donors (Lipinski definition) is 2. The largest absolute Gasteiger partial charge is 0.396 e. The van der Waals surface area contributed by atoms with Crippen LogP contribution < -0.4 is 5.32 Å². The lowest BCUT2D eigenvalue weighted by Crippen LogP contribution is -2.44. The Morgan fingerprint density at radius 2 is 2.00 bits per heavy atom. The number of carbonyl (C=O) groups is 1. The van der Waals surface area contributed by atoms with E-state index < -0.39 is 5.41 Å². The van der Waals surface area contributed by atoms with Crippen LogP contribution in [0.4, 0.5) is 0 Å². The first-order valence-electron chi connectivity index (χ1n) is 6.79. The second-order valence-electron chi connectivity index (χ2n) is 5.78. The summed E-state index contributed by atoms with van der Waals surface area (Å²) in [5.41, 5.74) is 0.315. The molecule has 20 heavy (non-hydrogen) atoms. The van der Waals surface area contributed by atoms with Crippen molar-refractivity contribution in [3.63, 3.8) is 0 Å². The van der Waals surface area contributed by atoms with Crippen LogP contribution >= 0.6 is 11.6 Å². The Bertz CT molecular complexity index is 508. The average molecular weight is 294 g/mol. The lowest BCUT2D eigenvalue weighted by Gasteiger charge is -2.26. The molecular formula is C16H20ClNO2. The fourth-order valence-corrected chi connectivity index (χ4v) is 2.49. The van der Waals surface area contributed by atoms with E-state index in [9.17, 15) is 4.79 Å². The summed E-state index contributed by atoms with van der Waals surface area (Å²) >= 11 is 5.88. The molecular weight excluding hydrogens is 274 g/mol. The third-order valence-corrected chi connectivity index (χ3v) is 4.11. The summed E-state index contributed by atoms with van der Waals surface area (Å²) in [6.07, 6.45) is 4.68. The molecule has 0 saturated carbocycles. The van der Waals surface area contributed by atoms with E-state index in [0.29, 0.717) is 5.02 Å². The topological polar surface area (TPSA) is 49.3 Å². The molecule has 1 aliphatic rings. The molecule has 0 aromatic heterocycles. The lowest BCUT2D eigenvalue weighted by molar-refractivity contribution is -0.126. The molecule has 108 valence electrons. The zero-order valence-corrected chi connectivity index (χ0v) is 12.5. The van der Waals surface area contributed by atoms with Gasteiger partial charge in [-0.1, -0.05) is 35.9 Å². The van der Waals surface area contributed by atoms with Gasteiger partial charge in [0, 0.05) is 23.6 Å². The van der Waals surface area contributed by atoms with Crippen molar-refractivity contribution in [2.45, 2.75) is 31.7 Å². The Morgan fingerprint density at radius 3 is 2.55 bits per heavy atom. The van der Waals surface area contributed by atoms with Gasteiger partial charge in [0.2, 0.25) is 5.91 Å². The van der Waals surface area contributed by atoms with Gasteiger partial charge in [-0.2, -0.15) is 0 Å². The molecule has 0 fully saturated rings. The summed E-state index contributed by atoms with van der Waals surface area (Å²) in [6.45, 7) is 3.92. The van der Waals surface area contributed by atoms with Crippen molar-refractivity contribution in [2.24, 2.45) is 5.92 Å². The van der Waals surface area contributed by atoms with Crippen LogP contribution in [0.15, 0.2) is 36.4 Å². The minimum Gasteiger partial charge on any atom is -0.396 e. The van der Waals surface area contributed by atoms with Crippen LogP contribution in [0.2, 0.25) is 5.02 Å². The third kappa shape index (κ3) is 3.22. The highest BCUT2D eigenvalue weighted by Gasteiger charge is 2.32. The van der Waals surface area contributed by atoms with E-state index in [1.54, 1.807) is 12.1 Å². The van der Waals surface area contributed by atoms with Gasteiger partial charge in [-0.3, -0.25) is 4.79 Å². The van der Waals surface area contributed by atoms with E-state index in [1.807, 2.05) is 38.1 Å². The molecule has 1 aliphatic carbocycles. The Morgan fingerprint density at radius 1 is 1.35 bits per heavy atom. The highest BCUT2D eigenvalue weighted by Crippen LogP contribution is 2.26. The maximum atomic E-state index is 12.5. The monoisotopic (exact) mass is 293 g/mol. The van der Waals surface area contributed by atoms with Crippen LogP contribution in [0.1, 0.15) is 25.8 Å². The van der Waals surface area contributed by atoms with Gasteiger partial charge in [0.15, 0.2) is 0 Å². The zero-order valence-electron chi connectivity index (χ0n) is 11.8. The number of carbonyl (C=O) groups excluding carboxylic acids is 1. The van der Waals surface area contributed by atoms with E-state index >= 15 is 0 Å². The number of rotatable bonds is 4. The van der Waals surface area contributed by atoms with Crippen molar-refractivity contribution in [1.82, 2.24) is 5.32 Å². The van der Waals surface area contributed by atoms with Crippen LogP contribution in [0.25, 0.3) is 0 Å². The quantitative estimate of drug-likeness (QED) is 0.839. The van der Waals surface area contributed by atoms with Crippen LogP contribution in [0.5, 0.6) is 0 Å². The molecule has 0 bridgehead atoms. The Balaban J connectivity index is 2.04. The van der Waals surface area contributed by atoms with Crippen LogP contribution in [-0.2, 0) is 10.2 Å². The standard InChI is InChI=1S/C16H20ClNO2/c1-16(2,12-4-6-13(17)7-5-12)15(20)18-14-8-3-11(9-14)10-19/h3-8,11,14,19H,9-10H2,1-2H3,(H,18,20)/t11-,14+/m0/s1. The molecule has 1 aromatic carbocycles. The summed E-state index contributed by atoms with van der Waals surface area (Å²) < 4.78 is 0. The fourth-order valence-electron chi connectivity index (χ4n) is 2.36. The molecule has 0 heterocycles. The molecule has 1 amide bonds. The first kappa shape index (κ1) is 15.1. The number of aliphatic hydroxyl groups excluding tert-OH is 1. The van der Waals surface area contributed by atoms with Gasteiger partial charge in [0.25, 0.3) is 0 Å². The van der Waals surface area contributed by atoms with Crippen LogP contribution in [-0.4, -0.2) is 23.7 Å². The van der Waals surface area contributed by atoms with E-state index in [-0.39, 0.29) is 24.5 Å². The number of aliphatic hydroxyl groups is 1. The summed E-state index contributed by atoms with van der Waals surface area (Å²) in [5.74, 6) is 0.131. The maximum Gasteiger partial charge on any atom is 0.230 e. The summed E-state index contributed by atoms with van der Waals surface area (Å²) in [6, 6.07) is 7.35. The Hall–Kier alpha value is -1.32. The predicted molar refractivity (Wildman–Crippen MR) is 80.7 cm³/mol. The van der Waals surface area contributed by atoms with Crippen LogP contribution in [0.3, 0.4) is 0 Å². The molecule has 2 rings (SSSR count). The van der Waals surface area contributed by atoms with Gasteiger partial charge in [-0.05, 0) is 38.0 Å². The summed E-state index contributed by atoms with van der Waals surface area (Å²) in [5, 5.41) is 12.8. The van der Waals surface area contributed by atoms with Crippen molar-refractivity contribution < 1.29 is 9.90 Å². The zero-order chi connectivity index (χ0) is 14.8. The van der Waals surface area contributed by atoms with Gasteiger partial charge in [0.05, 0.1) is 5.41 Å². The Kier molecular flexibility index (Phi) is 4.51. The van der Waals surface area contributed by atoms with Crippen molar-refractivity contribution in [3.8, 4) is 0 Å². The van der Waals surface area contributed by atoms with Crippen molar-refractivity contribution in [2.75, 3.05) is 6.61 Å². The number of benzene rings is 1. The normalized spacial score (nSPS) is 22.0. The molecule has 2 N–H and O–H groups in total. The van der Waals surface area contributed by atoms with Gasteiger partial charge in [-0.15, -0.1) is 0 Å². The SMILES string of the molecule is CC(C)(C(=O)N[C@@H]1C=C[C@H](CO)C1)c1ccc(Cl)cc1. The number of hydrogen-bond acceptors (Lipinski definition) is 2. The highest BCUT2D eigenvalue weighted by molar-refractivity contribution is 6.30. The van der Waals surface area contributed by atoms with E-state index in [0.717, 1.165) is 12.0 Å². The first-order chi connectivity index (χ1) is 9.43. The van der Waals surface area contributed by atoms with Gasteiger partial charge >= 0.3 is 0 Å². The van der Waals surface area contributed by atoms with Crippen molar-refractivity contribution in [3.05, 3.63) is 47.0 Å². The average Bonchev–Trinajstić information content (AvgIpc) is 2.87. The summed E-state index contributed by atoms with van der Waals surface area (Å²) in [7, 11) is 0. The lowest BCUT2D eigenvalue weighted by atomic mass is 9.83. The molecule has 1 aromatic rings. The van der Waals surface area contributed by atoms with E-state index in [1.165, 1.54) is 0 Å².